The maximum Gasteiger partial charge on any atom is 0.223 e. The second-order valence-electron chi connectivity index (χ2n) is 5.16. The van der Waals surface area contributed by atoms with Crippen LogP contribution in [0.25, 0.3) is 0 Å². The maximum absolute atomic E-state index is 12.0. The van der Waals surface area contributed by atoms with Crippen LogP contribution in [0.4, 0.5) is 5.69 Å². The van der Waals surface area contributed by atoms with Crippen LogP contribution in [-0.2, 0) is 9.59 Å². The van der Waals surface area contributed by atoms with Crippen molar-refractivity contribution < 1.29 is 19.1 Å². The molecule has 1 N–H and O–H groups in total. The lowest BCUT2D eigenvalue weighted by atomic mass is 10.2. The fourth-order valence-corrected chi connectivity index (χ4v) is 2.16. The Morgan fingerprint density at radius 2 is 1.96 bits per heavy atom. The van der Waals surface area contributed by atoms with Gasteiger partial charge in [0.15, 0.2) is 0 Å². The highest BCUT2D eigenvalue weighted by molar-refractivity contribution is 5.94. The van der Waals surface area contributed by atoms with Crippen molar-refractivity contribution in [1.82, 2.24) is 5.32 Å². The molecule has 128 valence electrons. The third-order valence-corrected chi connectivity index (χ3v) is 3.47. The number of ether oxygens (including phenoxy) is 2. The Hall–Kier alpha value is -2.24. The van der Waals surface area contributed by atoms with Crippen LogP contribution in [0.1, 0.15) is 33.1 Å². The van der Waals surface area contributed by atoms with Crippen LogP contribution in [-0.4, -0.2) is 39.1 Å². The van der Waals surface area contributed by atoms with E-state index in [0.29, 0.717) is 23.7 Å². The highest BCUT2D eigenvalue weighted by Crippen LogP contribution is 2.32. The molecule has 0 aliphatic heterocycles. The molecule has 0 atom stereocenters. The number of nitrogens with zero attached hydrogens (tertiary/aromatic N) is 1. The number of unbranched alkanes of at least 4 members (excludes halogenated alkanes) is 1. The molecule has 2 amide bonds. The van der Waals surface area contributed by atoms with E-state index in [-0.39, 0.29) is 24.8 Å². The number of benzene rings is 1. The minimum absolute atomic E-state index is 0.0634. The number of methoxy groups -OCH3 is 2. The van der Waals surface area contributed by atoms with Gasteiger partial charge >= 0.3 is 0 Å². The number of amides is 2. The lowest BCUT2D eigenvalue weighted by Crippen LogP contribution is -2.34. The first kappa shape index (κ1) is 18.8. The van der Waals surface area contributed by atoms with Gasteiger partial charge in [-0.1, -0.05) is 13.3 Å². The Morgan fingerprint density at radius 1 is 1.22 bits per heavy atom. The van der Waals surface area contributed by atoms with Crippen molar-refractivity contribution in [2.45, 2.75) is 33.1 Å². The molecule has 0 spiro atoms. The molecule has 6 nitrogen and oxygen atoms in total. The van der Waals surface area contributed by atoms with E-state index in [1.54, 1.807) is 32.4 Å². The third kappa shape index (κ3) is 5.81. The van der Waals surface area contributed by atoms with Crippen LogP contribution >= 0.6 is 0 Å². The number of nitrogens with one attached hydrogen (secondary N) is 1. The summed E-state index contributed by atoms with van der Waals surface area (Å²) in [6.45, 7) is 4.49. The normalized spacial score (nSPS) is 10.1. The molecule has 0 aromatic heterocycles. The van der Waals surface area contributed by atoms with Crippen molar-refractivity contribution in [1.29, 1.82) is 0 Å². The molecule has 0 saturated carbocycles. The Balaban J connectivity index is 2.82. The van der Waals surface area contributed by atoms with Gasteiger partial charge < -0.3 is 19.7 Å². The zero-order valence-corrected chi connectivity index (χ0v) is 14.3. The van der Waals surface area contributed by atoms with Crippen molar-refractivity contribution >= 4 is 17.5 Å². The molecular weight excluding hydrogens is 296 g/mol. The summed E-state index contributed by atoms with van der Waals surface area (Å²) < 4.78 is 10.5. The molecule has 6 heteroatoms. The van der Waals surface area contributed by atoms with Crippen LogP contribution in [0.2, 0.25) is 0 Å². The second-order valence-corrected chi connectivity index (χ2v) is 5.16. The van der Waals surface area contributed by atoms with Crippen molar-refractivity contribution in [3.05, 3.63) is 18.2 Å². The van der Waals surface area contributed by atoms with Crippen LogP contribution in [0.5, 0.6) is 11.5 Å². The van der Waals surface area contributed by atoms with E-state index in [4.69, 9.17) is 9.47 Å². The summed E-state index contributed by atoms with van der Waals surface area (Å²) in [7, 11) is 3.10. The number of carbonyl (C=O) groups is 2. The first-order valence-electron chi connectivity index (χ1n) is 7.80. The average molecular weight is 322 g/mol. The van der Waals surface area contributed by atoms with Gasteiger partial charge in [-0.3, -0.25) is 9.59 Å². The van der Waals surface area contributed by atoms with Gasteiger partial charge in [-0.25, -0.2) is 0 Å². The van der Waals surface area contributed by atoms with E-state index in [1.165, 1.54) is 11.8 Å². The van der Waals surface area contributed by atoms with Crippen LogP contribution in [0.3, 0.4) is 0 Å². The van der Waals surface area contributed by atoms with E-state index in [9.17, 15) is 9.59 Å². The number of hydrogen-bond donors (Lipinski definition) is 1. The summed E-state index contributed by atoms with van der Waals surface area (Å²) in [6.07, 6.45) is 2.22. The summed E-state index contributed by atoms with van der Waals surface area (Å²) in [4.78, 5) is 25.4. The smallest absolute Gasteiger partial charge is 0.223 e. The SMILES string of the molecule is CCCCNC(=O)CCN(C(C)=O)c1cc(OC)ccc1OC. The lowest BCUT2D eigenvalue weighted by molar-refractivity contribution is -0.121. The molecule has 0 aliphatic carbocycles. The third-order valence-electron chi connectivity index (χ3n) is 3.47. The van der Waals surface area contributed by atoms with Gasteiger partial charge in [0.05, 0.1) is 19.9 Å². The maximum atomic E-state index is 12.0. The molecule has 0 radical (unpaired) electrons. The fraction of sp³-hybridized carbons (Fsp3) is 0.529. The van der Waals surface area contributed by atoms with Gasteiger partial charge in [0.2, 0.25) is 11.8 Å². The molecule has 1 aromatic carbocycles. The van der Waals surface area contributed by atoms with Gasteiger partial charge in [-0.15, -0.1) is 0 Å². The molecule has 0 saturated heterocycles. The number of rotatable bonds is 9. The molecule has 0 heterocycles. The van der Waals surface area contributed by atoms with Crippen molar-refractivity contribution in [3.8, 4) is 11.5 Å². The summed E-state index contributed by atoms with van der Waals surface area (Å²) in [5, 5.41) is 2.85. The minimum Gasteiger partial charge on any atom is -0.497 e. The Kier molecular flexibility index (Phi) is 7.94. The molecule has 0 fully saturated rings. The molecule has 23 heavy (non-hydrogen) atoms. The van der Waals surface area contributed by atoms with Crippen molar-refractivity contribution in [2.24, 2.45) is 0 Å². The first-order chi connectivity index (χ1) is 11.0. The zero-order chi connectivity index (χ0) is 17.2. The van der Waals surface area contributed by atoms with Crippen LogP contribution in [0.15, 0.2) is 18.2 Å². The second kappa shape index (κ2) is 9.71. The molecular formula is C17H26N2O4. The topological polar surface area (TPSA) is 67.9 Å². The van der Waals surface area contributed by atoms with Crippen LogP contribution < -0.4 is 19.7 Å². The molecule has 1 aromatic rings. The Morgan fingerprint density at radius 3 is 2.52 bits per heavy atom. The van der Waals surface area contributed by atoms with Gasteiger partial charge in [-0.2, -0.15) is 0 Å². The predicted molar refractivity (Wildman–Crippen MR) is 90.1 cm³/mol. The minimum atomic E-state index is -0.155. The van der Waals surface area contributed by atoms with Crippen molar-refractivity contribution in [2.75, 3.05) is 32.2 Å². The number of carbonyl (C=O) groups excluding carboxylic acids is 2. The summed E-state index contributed by atoms with van der Waals surface area (Å²) in [5.41, 5.74) is 0.598. The van der Waals surface area contributed by atoms with Crippen LogP contribution in [0, 0.1) is 0 Å². The molecule has 0 unspecified atom stereocenters. The quantitative estimate of drug-likeness (QED) is 0.709. The predicted octanol–water partition coefficient (Wildman–Crippen LogP) is 2.36. The summed E-state index contributed by atoms with van der Waals surface area (Å²) in [5.74, 6) is 0.969. The molecule has 0 bridgehead atoms. The van der Waals surface area contributed by atoms with E-state index in [1.807, 2.05) is 0 Å². The standard InChI is InChI=1S/C17H26N2O4/c1-5-6-10-18-17(21)9-11-19(13(2)20)15-12-14(22-3)7-8-16(15)23-4/h7-8,12H,5-6,9-11H2,1-4H3,(H,18,21). The average Bonchev–Trinajstić information content (AvgIpc) is 2.54. The Bertz CT molecular complexity index is 531. The van der Waals surface area contributed by atoms with Gasteiger partial charge in [-0.05, 0) is 18.6 Å². The summed E-state index contributed by atoms with van der Waals surface area (Å²) in [6, 6.07) is 5.23. The lowest BCUT2D eigenvalue weighted by Gasteiger charge is -2.23. The van der Waals surface area contributed by atoms with E-state index >= 15 is 0 Å². The number of hydrogen-bond acceptors (Lipinski definition) is 4. The molecule has 1 rings (SSSR count). The van der Waals surface area contributed by atoms with E-state index in [0.717, 1.165) is 12.8 Å². The Labute approximate surface area is 137 Å². The van der Waals surface area contributed by atoms with Gasteiger partial charge in [0.25, 0.3) is 0 Å². The van der Waals surface area contributed by atoms with E-state index in [2.05, 4.69) is 12.2 Å². The fourth-order valence-electron chi connectivity index (χ4n) is 2.16. The molecule has 0 aliphatic rings. The van der Waals surface area contributed by atoms with Crippen molar-refractivity contribution in [3.63, 3.8) is 0 Å². The number of anilines is 1. The van der Waals surface area contributed by atoms with Gasteiger partial charge in [0, 0.05) is 32.5 Å². The summed E-state index contributed by atoms with van der Waals surface area (Å²) >= 11 is 0. The van der Waals surface area contributed by atoms with E-state index < -0.39 is 0 Å². The first-order valence-corrected chi connectivity index (χ1v) is 7.80. The monoisotopic (exact) mass is 322 g/mol. The highest BCUT2D eigenvalue weighted by atomic mass is 16.5. The van der Waals surface area contributed by atoms with Gasteiger partial charge in [0.1, 0.15) is 11.5 Å². The highest BCUT2D eigenvalue weighted by Gasteiger charge is 2.18. The largest absolute Gasteiger partial charge is 0.497 e. The zero-order valence-electron chi connectivity index (χ0n) is 14.3.